The molecule has 0 bridgehead atoms. The number of aryl methyl sites for hydroxylation is 1. The number of benzene rings is 1. The van der Waals surface area contributed by atoms with E-state index in [0.717, 1.165) is 51.6 Å². The SMILES string of the molecule is O=C(C1CC(CCc2ccccc2)CCN1)N1CCC[C@@H]1CO. The highest BCUT2D eigenvalue weighted by Crippen LogP contribution is 2.25. The van der Waals surface area contributed by atoms with E-state index in [-0.39, 0.29) is 24.6 Å². The highest BCUT2D eigenvalue weighted by atomic mass is 16.3. The monoisotopic (exact) mass is 316 g/mol. The zero-order valence-corrected chi connectivity index (χ0v) is 13.8. The first kappa shape index (κ1) is 16.5. The summed E-state index contributed by atoms with van der Waals surface area (Å²) in [5, 5.41) is 12.8. The fourth-order valence-electron chi connectivity index (χ4n) is 3.98. The second-order valence-electron chi connectivity index (χ2n) is 6.93. The van der Waals surface area contributed by atoms with Gasteiger partial charge in [-0.2, -0.15) is 0 Å². The Morgan fingerprint density at radius 2 is 2.09 bits per heavy atom. The van der Waals surface area contributed by atoms with Crippen LogP contribution in [0.5, 0.6) is 0 Å². The van der Waals surface area contributed by atoms with Gasteiger partial charge in [0.2, 0.25) is 5.91 Å². The van der Waals surface area contributed by atoms with Gasteiger partial charge in [-0.3, -0.25) is 4.79 Å². The third-order valence-electron chi connectivity index (χ3n) is 5.37. The molecular formula is C19H28N2O2. The van der Waals surface area contributed by atoms with Crippen molar-refractivity contribution in [3.05, 3.63) is 35.9 Å². The number of amides is 1. The molecule has 0 radical (unpaired) electrons. The van der Waals surface area contributed by atoms with Gasteiger partial charge >= 0.3 is 0 Å². The zero-order valence-electron chi connectivity index (χ0n) is 13.8. The van der Waals surface area contributed by atoms with E-state index in [2.05, 4.69) is 35.6 Å². The van der Waals surface area contributed by atoms with Crippen molar-refractivity contribution < 1.29 is 9.90 Å². The second-order valence-corrected chi connectivity index (χ2v) is 6.93. The van der Waals surface area contributed by atoms with Crippen LogP contribution in [0.1, 0.15) is 37.7 Å². The average molecular weight is 316 g/mol. The quantitative estimate of drug-likeness (QED) is 0.873. The van der Waals surface area contributed by atoms with Crippen LogP contribution >= 0.6 is 0 Å². The fraction of sp³-hybridized carbons (Fsp3) is 0.632. The molecule has 23 heavy (non-hydrogen) atoms. The third kappa shape index (κ3) is 4.12. The Morgan fingerprint density at radius 1 is 1.26 bits per heavy atom. The number of likely N-dealkylation sites (tertiary alicyclic amines) is 1. The molecule has 4 heteroatoms. The molecule has 4 nitrogen and oxygen atoms in total. The van der Waals surface area contributed by atoms with Crippen LogP contribution in [-0.4, -0.2) is 47.7 Å². The van der Waals surface area contributed by atoms with Crippen molar-refractivity contribution >= 4 is 5.91 Å². The number of carbonyl (C=O) groups excluding carboxylic acids is 1. The fourth-order valence-corrected chi connectivity index (χ4v) is 3.98. The lowest BCUT2D eigenvalue weighted by Gasteiger charge is -2.34. The van der Waals surface area contributed by atoms with Crippen molar-refractivity contribution in [2.75, 3.05) is 19.7 Å². The number of rotatable bonds is 5. The van der Waals surface area contributed by atoms with E-state index < -0.39 is 0 Å². The number of hydrogen-bond acceptors (Lipinski definition) is 3. The molecular weight excluding hydrogens is 288 g/mol. The lowest BCUT2D eigenvalue weighted by atomic mass is 9.87. The van der Waals surface area contributed by atoms with Crippen LogP contribution in [0.4, 0.5) is 0 Å². The van der Waals surface area contributed by atoms with Gasteiger partial charge in [0, 0.05) is 6.54 Å². The summed E-state index contributed by atoms with van der Waals surface area (Å²) < 4.78 is 0. The van der Waals surface area contributed by atoms with Crippen LogP contribution in [0.3, 0.4) is 0 Å². The highest BCUT2D eigenvalue weighted by molar-refractivity contribution is 5.82. The number of carbonyl (C=O) groups is 1. The highest BCUT2D eigenvalue weighted by Gasteiger charge is 2.35. The van der Waals surface area contributed by atoms with Crippen molar-refractivity contribution in [1.82, 2.24) is 10.2 Å². The van der Waals surface area contributed by atoms with Crippen LogP contribution in [0, 0.1) is 5.92 Å². The van der Waals surface area contributed by atoms with Gasteiger partial charge in [0.25, 0.3) is 0 Å². The van der Waals surface area contributed by atoms with Gasteiger partial charge < -0.3 is 15.3 Å². The Balaban J connectivity index is 1.52. The summed E-state index contributed by atoms with van der Waals surface area (Å²) in [4.78, 5) is 14.6. The standard InChI is InChI=1S/C19H28N2O2/c22-14-17-7-4-12-21(17)19(23)18-13-16(10-11-20-18)9-8-15-5-2-1-3-6-15/h1-3,5-6,16-18,20,22H,4,7-14H2/t16?,17-,18?/m1/s1. The maximum absolute atomic E-state index is 12.7. The predicted octanol–water partition coefficient (Wildman–Crippen LogP) is 1.97. The zero-order chi connectivity index (χ0) is 16.1. The largest absolute Gasteiger partial charge is 0.394 e. The first-order valence-corrected chi connectivity index (χ1v) is 8.96. The topological polar surface area (TPSA) is 52.6 Å². The van der Waals surface area contributed by atoms with Crippen LogP contribution in [0.15, 0.2) is 30.3 Å². The number of aliphatic hydroxyl groups excluding tert-OH is 1. The molecule has 1 amide bonds. The number of nitrogens with one attached hydrogen (secondary N) is 1. The molecule has 2 saturated heterocycles. The van der Waals surface area contributed by atoms with Gasteiger partial charge in [-0.1, -0.05) is 30.3 Å². The molecule has 0 spiro atoms. The van der Waals surface area contributed by atoms with Gasteiger partial charge in [-0.05, 0) is 56.6 Å². The molecule has 126 valence electrons. The number of aliphatic hydroxyl groups is 1. The van der Waals surface area contributed by atoms with Crippen molar-refractivity contribution in [3.63, 3.8) is 0 Å². The maximum Gasteiger partial charge on any atom is 0.240 e. The van der Waals surface area contributed by atoms with E-state index in [1.165, 1.54) is 5.56 Å². The van der Waals surface area contributed by atoms with Gasteiger partial charge in [-0.25, -0.2) is 0 Å². The molecule has 1 aromatic rings. The summed E-state index contributed by atoms with van der Waals surface area (Å²) in [5.74, 6) is 0.812. The second kappa shape index (κ2) is 7.93. The van der Waals surface area contributed by atoms with Crippen LogP contribution in [0.25, 0.3) is 0 Å². The minimum absolute atomic E-state index is 0.0361. The Labute approximate surface area is 138 Å². The van der Waals surface area contributed by atoms with Crippen molar-refractivity contribution in [2.24, 2.45) is 5.92 Å². The number of hydrogen-bond donors (Lipinski definition) is 2. The van der Waals surface area contributed by atoms with E-state index in [4.69, 9.17) is 0 Å². The lowest BCUT2D eigenvalue weighted by molar-refractivity contribution is -0.136. The van der Waals surface area contributed by atoms with E-state index in [0.29, 0.717) is 5.92 Å². The smallest absolute Gasteiger partial charge is 0.240 e. The number of piperidine rings is 1. The Kier molecular flexibility index (Phi) is 5.68. The van der Waals surface area contributed by atoms with Crippen LogP contribution in [0.2, 0.25) is 0 Å². The van der Waals surface area contributed by atoms with E-state index in [9.17, 15) is 9.90 Å². The molecule has 2 unspecified atom stereocenters. The molecule has 2 aliphatic rings. The molecule has 2 N–H and O–H groups in total. The van der Waals surface area contributed by atoms with E-state index >= 15 is 0 Å². The minimum atomic E-state index is -0.0586. The van der Waals surface area contributed by atoms with Gasteiger partial charge in [0.15, 0.2) is 0 Å². The molecule has 2 fully saturated rings. The first-order valence-electron chi connectivity index (χ1n) is 8.96. The van der Waals surface area contributed by atoms with Gasteiger partial charge in [0.1, 0.15) is 0 Å². The third-order valence-corrected chi connectivity index (χ3v) is 5.37. The Morgan fingerprint density at radius 3 is 2.87 bits per heavy atom. The van der Waals surface area contributed by atoms with E-state index in [1.54, 1.807) is 0 Å². The summed E-state index contributed by atoms with van der Waals surface area (Å²) >= 11 is 0. The molecule has 1 aromatic carbocycles. The van der Waals surface area contributed by atoms with Crippen LogP contribution in [-0.2, 0) is 11.2 Å². The summed E-state index contributed by atoms with van der Waals surface area (Å²) in [6.45, 7) is 1.82. The average Bonchev–Trinajstić information content (AvgIpc) is 3.09. The summed E-state index contributed by atoms with van der Waals surface area (Å²) in [5.41, 5.74) is 1.38. The van der Waals surface area contributed by atoms with E-state index in [1.807, 2.05) is 4.90 Å². The summed E-state index contributed by atoms with van der Waals surface area (Å²) in [6.07, 6.45) is 6.28. The van der Waals surface area contributed by atoms with Crippen molar-refractivity contribution in [1.29, 1.82) is 0 Å². The van der Waals surface area contributed by atoms with Gasteiger partial charge in [-0.15, -0.1) is 0 Å². The van der Waals surface area contributed by atoms with Crippen LogP contribution < -0.4 is 5.32 Å². The molecule has 0 saturated carbocycles. The molecule has 0 aliphatic carbocycles. The number of nitrogens with zero attached hydrogens (tertiary/aromatic N) is 1. The molecule has 3 atom stereocenters. The van der Waals surface area contributed by atoms with Gasteiger partial charge in [0.05, 0.1) is 18.7 Å². The Bertz CT molecular complexity index is 505. The van der Waals surface area contributed by atoms with Crippen molar-refractivity contribution in [3.8, 4) is 0 Å². The van der Waals surface area contributed by atoms with Crippen molar-refractivity contribution in [2.45, 2.75) is 50.6 Å². The molecule has 0 aromatic heterocycles. The first-order chi connectivity index (χ1) is 11.3. The maximum atomic E-state index is 12.7. The lowest BCUT2D eigenvalue weighted by Crippen LogP contribution is -2.52. The summed E-state index contributed by atoms with van der Waals surface area (Å²) in [6, 6.07) is 10.6. The molecule has 2 heterocycles. The normalized spacial score (nSPS) is 28.0. The Hall–Kier alpha value is -1.39. The molecule has 3 rings (SSSR count). The summed E-state index contributed by atoms with van der Waals surface area (Å²) in [7, 11) is 0. The minimum Gasteiger partial charge on any atom is -0.394 e. The predicted molar refractivity (Wildman–Crippen MR) is 91.1 cm³/mol. The molecule has 2 aliphatic heterocycles.